The van der Waals surface area contributed by atoms with E-state index in [9.17, 15) is 4.79 Å². The number of imidazole rings is 2. The second-order valence-corrected chi connectivity index (χ2v) is 12.4. The Kier molecular flexibility index (Phi) is 12.7. The van der Waals surface area contributed by atoms with Gasteiger partial charge in [0.1, 0.15) is 23.3 Å². The van der Waals surface area contributed by atoms with Crippen molar-refractivity contribution in [2.24, 2.45) is 0 Å². The van der Waals surface area contributed by atoms with Crippen molar-refractivity contribution in [1.82, 2.24) is 30.6 Å². The van der Waals surface area contributed by atoms with E-state index in [1.54, 1.807) is 6.20 Å². The Bertz CT molecular complexity index is 1720. The van der Waals surface area contributed by atoms with E-state index in [2.05, 4.69) is 98.9 Å². The van der Waals surface area contributed by atoms with E-state index < -0.39 is 17.7 Å². The van der Waals surface area contributed by atoms with Gasteiger partial charge >= 0.3 is 6.09 Å². The summed E-state index contributed by atoms with van der Waals surface area (Å²) in [5, 5.41) is 6.33. The van der Waals surface area contributed by atoms with E-state index in [-0.39, 0.29) is 6.10 Å². The minimum absolute atomic E-state index is 0.386. The SMILES string of the molecule is C#C.CCCNCc1ncc(-c2ccc(-c3ccc(-c4cnc([C@@H](NC(=O)OC(C)(C)C)[C@@H](C)OCc5ccccc5)[nH]4)cc3)cc2)[nH]1. The predicted molar refractivity (Wildman–Crippen MR) is 192 cm³/mol. The number of alkyl carbamates (subject to hydrolysis) is 1. The Balaban J connectivity index is 0.00000255. The lowest BCUT2D eigenvalue weighted by Gasteiger charge is -2.26. The molecule has 1 amide bonds. The quantitative estimate of drug-likeness (QED) is 0.0760. The maximum atomic E-state index is 12.8. The molecule has 5 aromatic rings. The van der Waals surface area contributed by atoms with Gasteiger partial charge in [0.15, 0.2) is 0 Å². The molecule has 9 heteroatoms. The van der Waals surface area contributed by atoms with Gasteiger partial charge in [0, 0.05) is 0 Å². The van der Waals surface area contributed by atoms with E-state index >= 15 is 0 Å². The summed E-state index contributed by atoms with van der Waals surface area (Å²) in [6.07, 6.45) is 11.8. The molecule has 0 radical (unpaired) electrons. The molecule has 2 aromatic heterocycles. The largest absolute Gasteiger partial charge is 0.444 e. The van der Waals surface area contributed by atoms with Crippen LogP contribution in [0.3, 0.4) is 0 Å². The molecule has 0 bridgehead atoms. The highest BCUT2D eigenvalue weighted by atomic mass is 16.6. The monoisotopic (exact) mass is 646 g/mol. The first-order valence-corrected chi connectivity index (χ1v) is 16.2. The number of carbonyl (C=O) groups is 1. The molecule has 0 saturated heterocycles. The van der Waals surface area contributed by atoms with Gasteiger partial charge in [-0.15, -0.1) is 12.8 Å². The third kappa shape index (κ3) is 10.2. The summed E-state index contributed by atoms with van der Waals surface area (Å²) in [6, 6.07) is 26.2. The van der Waals surface area contributed by atoms with Gasteiger partial charge in [0.05, 0.1) is 43.0 Å². The van der Waals surface area contributed by atoms with Gasteiger partial charge < -0.3 is 30.1 Å². The molecule has 9 nitrogen and oxygen atoms in total. The van der Waals surface area contributed by atoms with E-state index in [1.165, 1.54) is 0 Å². The number of nitrogens with zero attached hydrogens (tertiary/aromatic N) is 2. The predicted octanol–water partition coefficient (Wildman–Crippen LogP) is 8.05. The van der Waals surface area contributed by atoms with E-state index in [0.29, 0.717) is 12.4 Å². The Hall–Kier alpha value is -5.17. The molecule has 5 rings (SSSR count). The summed E-state index contributed by atoms with van der Waals surface area (Å²) < 4.78 is 11.7. The first kappa shape index (κ1) is 35.7. The molecule has 0 saturated carbocycles. The average Bonchev–Trinajstić information content (AvgIpc) is 3.78. The molecule has 0 aliphatic heterocycles. The molecule has 2 atom stereocenters. The summed E-state index contributed by atoms with van der Waals surface area (Å²) in [5.74, 6) is 1.52. The van der Waals surface area contributed by atoms with Crippen LogP contribution in [0.1, 0.15) is 64.3 Å². The molecule has 0 aliphatic carbocycles. The molecule has 250 valence electrons. The third-order valence-corrected chi connectivity index (χ3v) is 7.46. The number of amides is 1. The standard InChI is InChI=1S/C37H44N6O3.C2H2/c1-6-20-38-23-33-39-21-31(41-33)29-16-12-27(13-17-29)28-14-18-30(19-15-28)32-22-40-35(42-32)34(43-36(44)46-37(3,4)5)25(2)45-24-26-10-8-7-9-11-26;1-2/h7-19,21-22,25,34,38H,6,20,23-24H2,1-5H3,(H,39,41)(H,40,42)(H,43,44);1-2H/t25-,34+;/m1./s1. The Labute approximate surface area is 283 Å². The number of H-pyrrole nitrogens is 2. The van der Waals surface area contributed by atoms with Crippen LogP contribution >= 0.6 is 0 Å². The molecule has 2 heterocycles. The van der Waals surface area contributed by atoms with Crippen LogP contribution in [0, 0.1) is 12.8 Å². The van der Waals surface area contributed by atoms with Gasteiger partial charge in [0.2, 0.25) is 0 Å². The van der Waals surface area contributed by atoms with Gasteiger partial charge in [-0.1, -0.05) is 85.8 Å². The number of ether oxygens (including phenoxy) is 2. The summed E-state index contributed by atoms with van der Waals surface area (Å²) in [5.41, 5.74) is 6.56. The van der Waals surface area contributed by atoms with Crippen molar-refractivity contribution in [2.75, 3.05) is 6.54 Å². The topological polar surface area (TPSA) is 117 Å². The van der Waals surface area contributed by atoms with Crippen LogP contribution in [0.4, 0.5) is 4.79 Å². The Morgan fingerprint density at radius 2 is 1.40 bits per heavy atom. The normalized spacial score (nSPS) is 12.4. The molecule has 0 spiro atoms. The lowest BCUT2D eigenvalue weighted by Crippen LogP contribution is -2.40. The Morgan fingerprint density at radius 3 is 1.98 bits per heavy atom. The third-order valence-electron chi connectivity index (χ3n) is 7.46. The van der Waals surface area contributed by atoms with Gasteiger partial charge in [-0.05, 0) is 68.5 Å². The van der Waals surface area contributed by atoms with Crippen LogP contribution in [-0.4, -0.2) is 44.3 Å². The fourth-order valence-corrected chi connectivity index (χ4v) is 5.05. The molecule has 0 fully saturated rings. The maximum absolute atomic E-state index is 12.8. The van der Waals surface area contributed by atoms with E-state index in [4.69, 9.17) is 9.47 Å². The molecule has 4 N–H and O–H groups in total. The zero-order chi connectivity index (χ0) is 34.5. The number of aromatic nitrogens is 4. The summed E-state index contributed by atoms with van der Waals surface area (Å²) in [6.45, 7) is 11.7. The number of hydrogen-bond donors (Lipinski definition) is 4. The van der Waals surface area contributed by atoms with Crippen molar-refractivity contribution < 1.29 is 14.3 Å². The first-order chi connectivity index (χ1) is 23.2. The highest BCUT2D eigenvalue weighted by Crippen LogP contribution is 2.28. The van der Waals surface area contributed by atoms with Crippen molar-refractivity contribution in [2.45, 2.75) is 71.9 Å². The average molecular weight is 647 g/mol. The molecular formula is C39H46N6O3. The van der Waals surface area contributed by atoms with Crippen LogP contribution < -0.4 is 10.6 Å². The van der Waals surface area contributed by atoms with Gasteiger partial charge in [-0.2, -0.15) is 0 Å². The number of benzene rings is 3. The van der Waals surface area contributed by atoms with Crippen molar-refractivity contribution in [1.29, 1.82) is 0 Å². The second kappa shape index (κ2) is 17.1. The molecule has 3 aromatic carbocycles. The van der Waals surface area contributed by atoms with Gasteiger partial charge in [-0.3, -0.25) is 0 Å². The summed E-state index contributed by atoms with van der Waals surface area (Å²) in [4.78, 5) is 28.7. The van der Waals surface area contributed by atoms with Crippen LogP contribution in [0.15, 0.2) is 91.3 Å². The smallest absolute Gasteiger partial charge is 0.408 e. The lowest BCUT2D eigenvalue weighted by atomic mass is 10.0. The minimum Gasteiger partial charge on any atom is -0.444 e. The number of rotatable bonds is 13. The number of carbonyl (C=O) groups excluding carboxylic acids is 1. The fraction of sp³-hybridized carbons (Fsp3) is 0.308. The summed E-state index contributed by atoms with van der Waals surface area (Å²) >= 11 is 0. The number of hydrogen-bond acceptors (Lipinski definition) is 6. The van der Waals surface area contributed by atoms with Crippen LogP contribution in [0.2, 0.25) is 0 Å². The second-order valence-electron chi connectivity index (χ2n) is 12.4. The van der Waals surface area contributed by atoms with Gasteiger partial charge in [0.25, 0.3) is 0 Å². The Morgan fingerprint density at radius 1 is 0.833 bits per heavy atom. The van der Waals surface area contributed by atoms with Crippen molar-refractivity contribution in [3.8, 4) is 46.5 Å². The zero-order valence-electron chi connectivity index (χ0n) is 28.4. The van der Waals surface area contributed by atoms with Crippen LogP contribution in [0.5, 0.6) is 0 Å². The number of aromatic amines is 2. The summed E-state index contributed by atoms with van der Waals surface area (Å²) in [7, 11) is 0. The number of terminal acetylenes is 1. The van der Waals surface area contributed by atoms with Crippen molar-refractivity contribution in [3.05, 3.63) is 108 Å². The lowest BCUT2D eigenvalue weighted by molar-refractivity contribution is 0.0126. The molecular weight excluding hydrogens is 600 g/mol. The highest BCUT2D eigenvalue weighted by Gasteiger charge is 2.28. The minimum atomic E-state index is -0.632. The zero-order valence-corrected chi connectivity index (χ0v) is 28.4. The fourth-order valence-electron chi connectivity index (χ4n) is 5.05. The molecule has 0 aliphatic rings. The highest BCUT2D eigenvalue weighted by molar-refractivity contribution is 5.72. The molecule has 0 unspecified atom stereocenters. The van der Waals surface area contributed by atoms with Gasteiger partial charge in [-0.25, -0.2) is 14.8 Å². The van der Waals surface area contributed by atoms with Crippen molar-refractivity contribution in [3.63, 3.8) is 0 Å². The number of nitrogens with one attached hydrogen (secondary N) is 4. The van der Waals surface area contributed by atoms with Crippen LogP contribution in [-0.2, 0) is 22.6 Å². The molecule has 48 heavy (non-hydrogen) atoms. The first-order valence-electron chi connectivity index (χ1n) is 16.2. The van der Waals surface area contributed by atoms with Crippen LogP contribution in [0.25, 0.3) is 33.6 Å². The van der Waals surface area contributed by atoms with E-state index in [0.717, 1.165) is 64.5 Å². The van der Waals surface area contributed by atoms with Crippen molar-refractivity contribution >= 4 is 6.09 Å². The maximum Gasteiger partial charge on any atom is 0.408 e. The van der Waals surface area contributed by atoms with E-state index in [1.807, 2.05) is 64.2 Å².